The zero-order valence-electron chi connectivity index (χ0n) is 10.2. The van der Waals surface area contributed by atoms with Crippen molar-refractivity contribution in [2.24, 2.45) is 16.7 Å². The highest BCUT2D eigenvalue weighted by atomic mass is 127. The summed E-state index contributed by atoms with van der Waals surface area (Å²) in [5.74, 6) is 0.791. The monoisotopic (exact) mass is 296 g/mol. The molecule has 0 radical (unpaired) electrons. The van der Waals surface area contributed by atoms with Crippen molar-refractivity contribution in [2.45, 2.75) is 58.8 Å². The van der Waals surface area contributed by atoms with Crippen molar-refractivity contribution in [3.05, 3.63) is 0 Å². The number of hydrogen-bond acceptors (Lipinski definition) is 0. The van der Waals surface area contributed by atoms with E-state index in [0.717, 1.165) is 9.84 Å². The molecule has 0 aromatic rings. The highest BCUT2D eigenvalue weighted by molar-refractivity contribution is 14.1. The maximum atomic E-state index is 2.53. The lowest BCUT2D eigenvalue weighted by molar-refractivity contribution is 0.0602. The molecule has 1 unspecified atom stereocenters. The maximum Gasteiger partial charge on any atom is 0.00840 e. The van der Waals surface area contributed by atoms with E-state index in [0.29, 0.717) is 10.8 Å². The van der Waals surface area contributed by atoms with Crippen LogP contribution in [0.1, 0.15) is 54.9 Å². The molecule has 80 valence electrons. The molecule has 0 saturated carbocycles. The van der Waals surface area contributed by atoms with E-state index in [9.17, 15) is 0 Å². The van der Waals surface area contributed by atoms with Gasteiger partial charge < -0.3 is 0 Å². The molecule has 0 aliphatic heterocycles. The molecular formula is C12H25I. The summed E-state index contributed by atoms with van der Waals surface area (Å²) in [6, 6.07) is 0. The molecule has 0 aliphatic carbocycles. The molecule has 0 aromatic carbocycles. The van der Waals surface area contributed by atoms with Crippen LogP contribution >= 0.6 is 22.6 Å². The van der Waals surface area contributed by atoms with Crippen LogP contribution in [0.3, 0.4) is 0 Å². The fourth-order valence-electron chi connectivity index (χ4n) is 1.52. The van der Waals surface area contributed by atoms with Crippen LogP contribution in [-0.4, -0.2) is 3.92 Å². The van der Waals surface area contributed by atoms with E-state index < -0.39 is 0 Å². The van der Waals surface area contributed by atoms with Gasteiger partial charge in [-0.3, -0.25) is 0 Å². The van der Waals surface area contributed by atoms with Crippen LogP contribution < -0.4 is 0 Å². The standard InChI is InChI=1S/C12H25I/c1-9(8-10(2)13)12(6,7)11(3,4)5/h9-10H,8H2,1-7H3/t9?,10-/m0/s1. The predicted molar refractivity (Wildman–Crippen MR) is 70.5 cm³/mol. The zero-order chi connectivity index (χ0) is 10.9. The van der Waals surface area contributed by atoms with Crippen molar-refractivity contribution >= 4 is 22.6 Å². The van der Waals surface area contributed by atoms with Crippen LogP contribution in [0.2, 0.25) is 0 Å². The number of halogens is 1. The van der Waals surface area contributed by atoms with Gasteiger partial charge in [0.1, 0.15) is 0 Å². The van der Waals surface area contributed by atoms with Gasteiger partial charge in [0.2, 0.25) is 0 Å². The van der Waals surface area contributed by atoms with Gasteiger partial charge in [0.05, 0.1) is 0 Å². The van der Waals surface area contributed by atoms with Gasteiger partial charge in [-0.1, -0.05) is 71.1 Å². The molecule has 2 atom stereocenters. The number of hydrogen-bond donors (Lipinski definition) is 0. The van der Waals surface area contributed by atoms with Gasteiger partial charge >= 0.3 is 0 Å². The van der Waals surface area contributed by atoms with Crippen LogP contribution in [0.4, 0.5) is 0 Å². The first kappa shape index (κ1) is 13.7. The third-order valence-electron chi connectivity index (χ3n) is 3.84. The van der Waals surface area contributed by atoms with Gasteiger partial charge in [-0.25, -0.2) is 0 Å². The number of alkyl halides is 1. The minimum absolute atomic E-state index is 0.401. The minimum atomic E-state index is 0.401. The van der Waals surface area contributed by atoms with E-state index in [2.05, 4.69) is 71.1 Å². The van der Waals surface area contributed by atoms with Crippen LogP contribution in [0, 0.1) is 16.7 Å². The summed E-state index contributed by atoms with van der Waals surface area (Å²) in [4.78, 5) is 0. The summed E-state index contributed by atoms with van der Waals surface area (Å²) in [7, 11) is 0. The molecule has 0 heterocycles. The van der Waals surface area contributed by atoms with Crippen molar-refractivity contribution in [1.29, 1.82) is 0 Å². The summed E-state index contributed by atoms with van der Waals surface area (Å²) < 4.78 is 0.786. The summed E-state index contributed by atoms with van der Waals surface area (Å²) in [6.45, 7) is 16.5. The highest BCUT2D eigenvalue weighted by Crippen LogP contribution is 2.45. The molecule has 0 aliphatic rings. The van der Waals surface area contributed by atoms with E-state index in [1.807, 2.05) is 0 Å². The summed E-state index contributed by atoms with van der Waals surface area (Å²) >= 11 is 2.53. The van der Waals surface area contributed by atoms with Crippen LogP contribution in [-0.2, 0) is 0 Å². The summed E-state index contributed by atoms with van der Waals surface area (Å²) in [6.07, 6.45) is 1.32. The van der Waals surface area contributed by atoms with Crippen molar-refractivity contribution in [3.8, 4) is 0 Å². The Morgan fingerprint density at radius 3 is 1.62 bits per heavy atom. The first-order valence-electron chi connectivity index (χ1n) is 5.23. The van der Waals surface area contributed by atoms with E-state index in [1.165, 1.54) is 6.42 Å². The Balaban J connectivity index is 4.45. The SMILES string of the molecule is CC(C[C@H](C)I)C(C)(C)C(C)(C)C. The van der Waals surface area contributed by atoms with E-state index in [1.54, 1.807) is 0 Å². The number of rotatable bonds is 3. The van der Waals surface area contributed by atoms with Gasteiger partial charge in [-0.05, 0) is 23.2 Å². The quantitative estimate of drug-likeness (QED) is 0.513. The lowest BCUT2D eigenvalue weighted by Gasteiger charge is -2.44. The first-order valence-corrected chi connectivity index (χ1v) is 6.47. The molecule has 1 heteroatoms. The lowest BCUT2D eigenvalue weighted by Crippen LogP contribution is -2.36. The molecule has 0 N–H and O–H groups in total. The van der Waals surface area contributed by atoms with Crippen LogP contribution in [0.5, 0.6) is 0 Å². The topological polar surface area (TPSA) is 0 Å². The van der Waals surface area contributed by atoms with Crippen LogP contribution in [0.15, 0.2) is 0 Å². The summed E-state index contributed by atoms with van der Waals surface area (Å²) in [5.41, 5.74) is 0.824. The Bertz CT molecular complexity index is 151. The fraction of sp³-hybridized carbons (Fsp3) is 1.00. The third-order valence-corrected chi connectivity index (χ3v) is 4.35. The lowest BCUT2D eigenvalue weighted by atomic mass is 9.62. The highest BCUT2D eigenvalue weighted by Gasteiger charge is 2.37. The van der Waals surface area contributed by atoms with Gasteiger partial charge in [0.15, 0.2) is 0 Å². The first-order chi connectivity index (χ1) is 5.59. The predicted octanol–water partition coefficient (Wildman–Crippen LogP) is 4.91. The van der Waals surface area contributed by atoms with Crippen molar-refractivity contribution < 1.29 is 0 Å². The average molecular weight is 296 g/mol. The normalized spacial score (nSPS) is 18.5. The van der Waals surface area contributed by atoms with Gasteiger partial charge in [0, 0.05) is 3.92 Å². The molecule has 0 spiro atoms. The Morgan fingerprint density at radius 2 is 1.38 bits per heavy atom. The van der Waals surface area contributed by atoms with Crippen molar-refractivity contribution in [3.63, 3.8) is 0 Å². The molecule has 0 aromatic heterocycles. The molecule has 0 amide bonds. The second-order valence-corrected chi connectivity index (χ2v) is 8.02. The zero-order valence-corrected chi connectivity index (χ0v) is 12.4. The molecule has 0 nitrogen and oxygen atoms in total. The molecule has 0 saturated heterocycles. The smallest absolute Gasteiger partial charge is 0.00840 e. The average Bonchev–Trinajstić information content (AvgIpc) is 1.82. The molecule has 0 bridgehead atoms. The molecule has 13 heavy (non-hydrogen) atoms. The Kier molecular flexibility index (Phi) is 4.75. The second kappa shape index (κ2) is 4.50. The van der Waals surface area contributed by atoms with Crippen molar-refractivity contribution in [1.82, 2.24) is 0 Å². The van der Waals surface area contributed by atoms with E-state index >= 15 is 0 Å². The van der Waals surface area contributed by atoms with Gasteiger partial charge in [-0.15, -0.1) is 0 Å². The van der Waals surface area contributed by atoms with Crippen molar-refractivity contribution in [2.75, 3.05) is 0 Å². The minimum Gasteiger partial charge on any atom is -0.0829 e. The fourth-order valence-corrected chi connectivity index (χ4v) is 2.28. The summed E-state index contributed by atoms with van der Waals surface area (Å²) in [5, 5.41) is 0. The Morgan fingerprint density at radius 1 is 1.00 bits per heavy atom. The molecular weight excluding hydrogens is 271 g/mol. The van der Waals surface area contributed by atoms with E-state index in [-0.39, 0.29) is 0 Å². The largest absolute Gasteiger partial charge is 0.0829 e. The van der Waals surface area contributed by atoms with Gasteiger partial charge in [0.25, 0.3) is 0 Å². The Labute approximate surface area is 98.0 Å². The molecule has 0 fully saturated rings. The van der Waals surface area contributed by atoms with E-state index in [4.69, 9.17) is 0 Å². The third kappa shape index (κ3) is 3.77. The van der Waals surface area contributed by atoms with Gasteiger partial charge in [-0.2, -0.15) is 0 Å². The second-order valence-electron chi connectivity index (χ2n) is 5.89. The Hall–Kier alpha value is 0.730. The molecule has 0 rings (SSSR count). The van der Waals surface area contributed by atoms with Crippen LogP contribution in [0.25, 0.3) is 0 Å². The maximum absolute atomic E-state index is 2.53.